The van der Waals surface area contributed by atoms with Crippen molar-refractivity contribution in [2.24, 2.45) is 11.3 Å². The molecule has 1 heterocycles. The van der Waals surface area contributed by atoms with Crippen LogP contribution in [0.15, 0.2) is 0 Å². The lowest BCUT2D eigenvalue weighted by Crippen LogP contribution is -2.32. The van der Waals surface area contributed by atoms with Gasteiger partial charge in [0.1, 0.15) is 12.2 Å². The predicted octanol–water partition coefficient (Wildman–Crippen LogP) is 3.09. The molecule has 1 fully saturated rings. The molecule has 0 saturated carbocycles. The largest absolute Gasteiger partial charge is 0.464 e. The van der Waals surface area contributed by atoms with Crippen LogP contribution >= 0.6 is 0 Å². The molecule has 1 saturated heterocycles. The number of hydrogen-bond donors (Lipinski definition) is 0. The summed E-state index contributed by atoms with van der Waals surface area (Å²) in [4.78, 5) is 23.8. The lowest BCUT2D eigenvalue weighted by Gasteiger charge is -2.24. The van der Waals surface area contributed by atoms with E-state index in [1.807, 2.05) is 34.6 Å². The molecular weight excluding hydrogens is 244 g/mol. The Hall–Kier alpha value is -1.06. The molecule has 0 aliphatic carbocycles. The summed E-state index contributed by atoms with van der Waals surface area (Å²) in [5.74, 6) is -0.811. The highest BCUT2D eigenvalue weighted by molar-refractivity contribution is 5.77. The normalized spacial score (nSPS) is 23.4. The van der Waals surface area contributed by atoms with Crippen molar-refractivity contribution in [2.45, 2.75) is 65.9 Å². The summed E-state index contributed by atoms with van der Waals surface area (Å²) in [6, 6.07) is 0. The van der Waals surface area contributed by atoms with E-state index in [0.717, 1.165) is 19.3 Å². The summed E-state index contributed by atoms with van der Waals surface area (Å²) in [5, 5.41) is 0. The van der Waals surface area contributed by atoms with Gasteiger partial charge in [0, 0.05) is 0 Å². The van der Waals surface area contributed by atoms with E-state index in [1.54, 1.807) is 0 Å². The van der Waals surface area contributed by atoms with Crippen LogP contribution in [-0.2, 0) is 19.1 Å². The topological polar surface area (TPSA) is 52.6 Å². The highest BCUT2D eigenvalue weighted by Gasteiger charge is 2.34. The van der Waals surface area contributed by atoms with Crippen molar-refractivity contribution in [3.05, 3.63) is 0 Å². The van der Waals surface area contributed by atoms with Gasteiger partial charge in [0.25, 0.3) is 0 Å². The monoisotopic (exact) mass is 270 g/mol. The second-order valence-electron chi connectivity index (χ2n) is 6.61. The summed E-state index contributed by atoms with van der Waals surface area (Å²) in [5.41, 5.74) is -0.896. The molecule has 1 aliphatic heterocycles. The second kappa shape index (κ2) is 5.93. The van der Waals surface area contributed by atoms with Crippen LogP contribution in [0.3, 0.4) is 0 Å². The van der Waals surface area contributed by atoms with Crippen LogP contribution in [0.4, 0.5) is 0 Å². The van der Waals surface area contributed by atoms with Crippen molar-refractivity contribution in [2.75, 3.05) is 6.61 Å². The van der Waals surface area contributed by atoms with Gasteiger partial charge in [0.2, 0.25) is 0 Å². The third-order valence-electron chi connectivity index (χ3n) is 3.89. The number of cyclic esters (lactones) is 1. The number of rotatable bonds is 4. The van der Waals surface area contributed by atoms with E-state index in [4.69, 9.17) is 9.47 Å². The zero-order valence-electron chi connectivity index (χ0n) is 12.7. The van der Waals surface area contributed by atoms with Gasteiger partial charge in [-0.05, 0) is 53.4 Å². The number of esters is 2. The molecule has 1 rings (SSSR count). The minimum Gasteiger partial charge on any atom is -0.464 e. The number of ether oxygens (including phenoxy) is 2. The van der Waals surface area contributed by atoms with Gasteiger partial charge < -0.3 is 9.47 Å². The van der Waals surface area contributed by atoms with Crippen molar-refractivity contribution in [1.29, 1.82) is 0 Å². The first kappa shape index (κ1) is 16.0. The fraction of sp³-hybridized carbons (Fsp3) is 0.867. The Kier molecular flexibility index (Phi) is 4.99. The molecule has 0 amide bonds. The molecule has 0 bridgehead atoms. The fourth-order valence-electron chi connectivity index (χ4n) is 1.97. The predicted molar refractivity (Wildman–Crippen MR) is 72.5 cm³/mol. The van der Waals surface area contributed by atoms with Crippen LogP contribution in [-0.4, -0.2) is 24.1 Å². The van der Waals surface area contributed by atoms with Gasteiger partial charge in [-0.15, -0.1) is 0 Å². The van der Waals surface area contributed by atoms with Gasteiger partial charge in [0.15, 0.2) is 0 Å². The maximum Gasteiger partial charge on any atom is 0.312 e. The second-order valence-corrected chi connectivity index (χ2v) is 6.61. The van der Waals surface area contributed by atoms with Crippen molar-refractivity contribution >= 4 is 11.9 Å². The molecule has 0 aromatic rings. The molecule has 0 spiro atoms. The first-order valence-electron chi connectivity index (χ1n) is 7.08. The van der Waals surface area contributed by atoms with Gasteiger partial charge >= 0.3 is 11.9 Å². The Morgan fingerprint density at radius 3 is 2.68 bits per heavy atom. The molecular formula is C15H26O4. The Morgan fingerprint density at radius 1 is 1.47 bits per heavy atom. The van der Waals surface area contributed by atoms with Gasteiger partial charge in [-0.2, -0.15) is 0 Å². The molecule has 0 N–H and O–H groups in total. The van der Waals surface area contributed by atoms with Crippen molar-refractivity contribution in [3.8, 4) is 0 Å². The maximum absolute atomic E-state index is 11.9. The average Bonchev–Trinajstić information content (AvgIpc) is 2.43. The van der Waals surface area contributed by atoms with Crippen LogP contribution in [0.2, 0.25) is 0 Å². The molecule has 4 heteroatoms. The number of carbonyl (C=O) groups is 2. The third kappa shape index (κ3) is 4.51. The Bertz CT molecular complexity index is 344. The summed E-state index contributed by atoms with van der Waals surface area (Å²) in [6.07, 6.45) is 3.21. The molecule has 1 aliphatic rings. The number of hydrogen-bond acceptors (Lipinski definition) is 4. The highest BCUT2D eigenvalue weighted by atomic mass is 16.6. The first-order chi connectivity index (χ1) is 8.68. The Morgan fingerprint density at radius 2 is 2.11 bits per heavy atom. The van der Waals surface area contributed by atoms with E-state index < -0.39 is 11.0 Å². The molecule has 110 valence electrons. The van der Waals surface area contributed by atoms with Crippen LogP contribution in [0, 0.1) is 11.3 Å². The molecule has 1 atom stereocenters. The summed E-state index contributed by atoms with van der Waals surface area (Å²) in [7, 11) is 0. The van der Waals surface area contributed by atoms with Crippen LogP contribution in [0.5, 0.6) is 0 Å². The lowest BCUT2D eigenvalue weighted by molar-refractivity contribution is -0.165. The molecule has 0 aromatic carbocycles. The van der Waals surface area contributed by atoms with Crippen LogP contribution in [0.1, 0.15) is 60.3 Å². The van der Waals surface area contributed by atoms with Gasteiger partial charge in [-0.3, -0.25) is 9.59 Å². The smallest absolute Gasteiger partial charge is 0.312 e. The van der Waals surface area contributed by atoms with Crippen molar-refractivity contribution in [1.82, 2.24) is 0 Å². The SMILES string of the molecule is CCC(C)(C)C(=O)OCC1CCCC(C)(C)OC1=O. The van der Waals surface area contributed by atoms with Crippen molar-refractivity contribution in [3.63, 3.8) is 0 Å². The first-order valence-corrected chi connectivity index (χ1v) is 7.08. The lowest BCUT2D eigenvalue weighted by atomic mass is 9.90. The van der Waals surface area contributed by atoms with E-state index >= 15 is 0 Å². The average molecular weight is 270 g/mol. The van der Waals surface area contributed by atoms with E-state index in [-0.39, 0.29) is 24.5 Å². The van der Waals surface area contributed by atoms with Gasteiger partial charge in [0.05, 0.1) is 11.3 Å². The molecule has 19 heavy (non-hydrogen) atoms. The zero-order valence-corrected chi connectivity index (χ0v) is 12.7. The summed E-state index contributed by atoms with van der Waals surface area (Å²) >= 11 is 0. The fourth-order valence-corrected chi connectivity index (χ4v) is 1.97. The van der Waals surface area contributed by atoms with E-state index in [9.17, 15) is 9.59 Å². The number of carbonyl (C=O) groups excluding carboxylic acids is 2. The minimum absolute atomic E-state index is 0.136. The van der Waals surface area contributed by atoms with E-state index in [0.29, 0.717) is 6.42 Å². The van der Waals surface area contributed by atoms with Crippen molar-refractivity contribution < 1.29 is 19.1 Å². The van der Waals surface area contributed by atoms with Crippen LogP contribution < -0.4 is 0 Å². The van der Waals surface area contributed by atoms with E-state index in [2.05, 4.69) is 0 Å². The zero-order chi connectivity index (χ0) is 14.7. The Balaban J connectivity index is 2.54. The highest BCUT2D eigenvalue weighted by Crippen LogP contribution is 2.28. The molecule has 1 unspecified atom stereocenters. The van der Waals surface area contributed by atoms with Crippen LogP contribution in [0.25, 0.3) is 0 Å². The van der Waals surface area contributed by atoms with Gasteiger partial charge in [-0.1, -0.05) is 6.92 Å². The maximum atomic E-state index is 11.9. The summed E-state index contributed by atoms with van der Waals surface area (Å²) < 4.78 is 10.7. The minimum atomic E-state index is -0.492. The summed E-state index contributed by atoms with van der Waals surface area (Å²) in [6.45, 7) is 9.62. The standard InChI is InChI=1S/C15H26O4/c1-6-14(2,3)13(17)18-10-11-8-7-9-15(4,5)19-12(11)16/h11H,6-10H2,1-5H3. The molecule has 0 aromatic heterocycles. The quantitative estimate of drug-likeness (QED) is 0.737. The van der Waals surface area contributed by atoms with E-state index in [1.165, 1.54) is 0 Å². The van der Waals surface area contributed by atoms with Gasteiger partial charge in [-0.25, -0.2) is 0 Å². The third-order valence-corrected chi connectivity index (χ3v) is 3.89. The Labute approximate surface area is 115 Å². The molecule has 0 radical (unpaired) electrons. The molecule has 4 nitrogen and oxygen atoms in total.